The average Bonchev–Trinajstić information content (AvgIpc) is 3.29. The normalized spacial score (nSPS) is 11.6. The molecule has 1 aromatic carbocycles. The summed E-state index contributed by atoms with van der Waals surface area (Å²) in [5.41, 5.74) is 3.13. The maximum atomic E-state index is 4.72. The molecule has 0 aliphatic carbocycles. The second-order valence-corrected chi connectivity index (χ2v) is 8.68. The molecular formula is C20H22N4S2. The topological polar surface area (TPSA) is 43.1 Å². The summed E-state index contributed by atoms with van der Waals surface area (Å²) in [6.07, 6.45) is 13.2. The smallest absolute Gasteiger partial charge is 0.159 e. The molecule has 0 saturated heterocycles. The van der Waals surface area contributed by atoms with Crippen LogP contribution in [0.25, 0.3) is 15.9 Å². The molecule has 0 aliphatic heterocycles. The number of imidazole rings is 1. The van der Waals surface area contributed by atoms with Gasteiger partial charge in [0.1, 0.15) is 5.03 Å². The minimum atomic E-state index is 0.978. The predicted molar refractivity (Wildman–Crippen MR) is 109 cm³/mol. The van der Waals surface area contributed by atoms with Crippen molar-refractivity contribution < 1.29 is 0 Å². The molecule has 0 N–H and O–H groups in total. The highest BCUT2D eigenvalue weighted by atomic mass is 32.2. The van der Waals surface area contributed by atoms with Crippen molar-refractivity contribution in [2.45, 2.75) is 54.8 Å². The Morgan fingerprint density at radius 3 is 2.85 bits per heavy atom. The van der Waals surface area contributed by atoms with Crippen molar-refractivity contribution in [3.05, 3.63) is 48.5 Å². The lowest BCUT2D eigenvalue weighted by molar-refractivity contribution is 0.627. The third-order valence-electron chi connectivity index (χ3n) is 4.45. The summed E-state index contributed by atoms with van der Waals surface area (Å²) in [6.45, 7) is 2.25. The first-order valence-electron chi connectivity index (χ1n) is 9.19. The number of rotatable bonds is 8. The van der Waals surface area contributed by atoms with E-state index in [0.29, 0.717) is 0 Å². The van der Waals surface area contributed by atoms with Crippen LogP contribution in [-0.4, -0.2) is 19.4 Å². The molecule has 0 fully saturated rings. The number of para-hydroxylation sites is 1. The third-order valence-corrected chi connectivity index (χ3v) is 6.56. The molecule has 4 aromatic rings. The molecule has 0 atom stereocenters. The van der Waals surface area contributed by atoms with Crippen molar-refractivity contribution >= 4 is 39.0 Å². The summed E-state index contributed by atoms with van der Waals surface area (Å²) in [6, 6.07) is 8.26. The number of benzene rings is 1. The van der Waals surface area contributed by atoms with E-state index in [-0.39, 0.29) is 0 Å². The van der Waals surface area contributed by atoms with Crippen LogP contribution in [0, 0.1) is 0 Å². The van der Waals surface area contributed by atoms with Crippen LogP contribution >= 0.6 is 23.1 Å². The van der Waals surface area contributed by atoms with Crippen LogP contribution in [0.1, 0.15) is 44.7 Å². The second-order valence-electron chi connectivity index (χ2n) is 6.38. The molecule has 0 aliphatic rings. The van der Waals surface area contributed by atoms with E-state index in [0.717, 1.165) is 32.6 Å². The number of hydrogen-bond donors (Lipinski definition) is 0. The van der Waals surface area contributed by atoms with Gasteiger partial charge in [-0.1, -0.05) is 44.7 Å². The summed E-state index contributed by atoms with van der Waals surface area (Å²) in [7, 11) is 0. The molecule has 4 nitrogen and oxygen atoms in total. The SMILES string of the molecule is CCCCCCCc1ncc(Sc2nc3ccccc3s2)n2ccnc12. The van der Waals surface area contributed by atoms with Crippen LogP contribution in [0.2, 0.25) is 0 Å². The third kappa shape index (κ3) is 3.76. The Balaban J connectivity index is 1.53. The van der Waals surface area contributed by atoms with E-state index in [9.17, 15) is 0 Å². The maximum Gasteiger partial charge on any atom is 0.159 e. The lowest BCUT2D eigenvalue weighted by Gasteiger charge is -2.07. The average molecular weight is 383 g/mol. The van der Waals surface area contributed by atoms with E-state index < -0.39 is 0 Å². The highest BCUT2D eigenvalue weighted by Crippen LogP contribution is 2.34. The molecule has 3 aromatic heterocycles. The van der Waals surface area contributed by atoms with Gasteiger partial charge >= 0.3 is 0 Å². The standard InChI is InChI=1S/C20H22N4S2/c1-2-3-4-5-6-10-16-19-21-12-13-24(19)18(14-22-16)26-20-23-15-9-7-8-11-17(15)25-20/h7-9,11-14H,2-6,10H2,1H3. The number of nitrogens with zero attached hydrogens (tertiary/aromatic N) is 4. The van der Waals surface area contributed by atoms with Gasteiger partial charge < -0.3 is 0 Å². The van der Waals surface area contributed by atoms with Crippen LogP contribution < -0.4 is 0 Å². The molecule has 134 valence electrons. The molecule has 26 heavy (non-hydrogen) atoms. The van der Waals surface area contributed by atoms with Crippen LogP contribution in [-0.2, 0) is 6.42 Å². The Bertz CT molecular complexity index is 972. The maximum absolute atomic E-state index is 4.72. The molecule has 0 saturated carbocycles. The minimum absolute atomic E-state index is 0.978. The van der Waals surface area contributed by atoms with Crippen molar-refractivity contribution in [1.82, 2.24) is 19.4 Å². The van der Waals surface area contributed by atoms with Gasteiger partial charge in [0.25, 0.3) is 0 Å². The van der Waals surface area contributed by atoms with E-state index in [1.54, 1.807) is 23.1 Å². The Morgan fingerprint density at radius 2 is 1.96 bits per heavy atom. The van der Waals surface area contributed by atoms with Gasteiger partial charge in [-0.05, 0) is 36.7 Å². The first kappa shape index (κ1) is 17.5. The van der Waals surface area contributed by atoms with Crippen LogP contribution in [0.3, 0.4) is 0 Å². The van der Waals surface area contributed by atoms with Gasteiger partial charge in [0, 0.05) is 12.4 Å². The number of hydrogen-bond acceptors (Lipinski definition) is 5. The zero-order chi connectivity index (χ0) is 17.8. The fraction of sp³-hybridized carbons (Fsp3) is 0.350. The first-order valence-corrected chi connectivity index (χ1v) is 10.8. The zero-order valence-electron chi connectivity index (χ0n) is 14.9. The van der Waals surface area contributed by atoms with Crippen molar-refractivity contribution in [2.24, 2.45) is 0 Å². The number of thiazole rings is 1. The molecule has 4 rings (SSSR count). The lowest BCUT2D eigenvalue weighted by Crippen LogP contribution is -1.99. The Hall–Kier alpha value is -1.92. The van der Waals surface area contributed by atoms with Crippen molar-refractivity contribution in [3.63, 3.8) is 0 Å². The highest BCUT2D eigenvalue weighted by Gasteiger charge is 2.12. The Kier molecular flexibility index (Phi) is 5.51. The first-order chi connectivity index (χ1) is 12.8. The summed E-state index contributed by atoms with van der Waals surface area (Å²) >= 11 is 3.38. The quantitative estimate of drug-likeness (QED) is 0.350. The van der Waals surface area contributed by atoms with Gasteiger partial charge in [0.05, 0.1) is 22.1 Å². The molecule has 0 radical (unpaired) electrons. The van der Waals surface area contributed by atoms with Gasteiger partial charge in [-0.2, -0.15) is 0 Å². The van der Waals surface area contributed by atoms with Gasteiger partial charge in [0.15, 0.2) is 9.99 Å². The van der Waals surface area contributed by atoms with Crippen LogP contribution in [0.15, 0.2) is 52.2 Å². The molecule has 6 heteroatoms. The largest absolute Gasteiger partial charge is 0.291 e. The van der Waals surface area contributed by atoms with Crippen molar-refractivity contribution in [3.8, 4) is 0 Å². The van der Waals surface area contributed by atoms with E-state index in [1.165, 1.54) is 36.8 Å². The fourth-order valence-electron chi connectivity index (χ4n) is 3.08. The van der Waals surface area contributed by atoms with Gasteiger partial charge in [0.2, 0.25) is 0 Å². The van der Waals surface area contributed by atoms with Gasteiger partial charge in [-0.15, -0.1) is 11.3 Å². The van der Waals surface area contributed by atoms with E-state index in [1.807, 2.05) is 24.7 Å². The Labute approximate surface area is 161 Å². The predicted octanol–water partition coefficient (Wildman–Crippen LogP) is 6.00. The zero-order valence-corrected chi connectivity index (χ0v) is 16.5. The highest BCUT2D eigenvalue weighted by molar-refractivity contribution is 8.01. The number of aryl methyl sites for hydroxylation is 1. The Morgan fingerprint density at radius 1 is 1.08 bits per heavy atom. The van der Waals surface area contributed by atoms with E-state index >= 15 is 0 Å². The number of unbranched alkanes of at least 4 members (excludes halogenated alkanes) is 4. The summed E-state index contributed by atoms with van der Waals surface area (Å²) in [4.78, 5) is 14.0. The number of fused-ring (bicyclic) bond motifs is 2. The molecular weight excluding hydrogens is 360 g/mol. The van der Waals surface area contributed by atoms with Crippen LogP contribution in [0.4, 0.5) is 0 Å². The molecule has 0 unspecified atom stereocenters. The monoisotopic (exact) mass is 382 g/mol. The number of aromatic nitrogens is 4. The summed E-state index contributed by atoms with van der Waals surface area (Å²) in [5.74, 6) is 0. The lowest BCUT2D eigenvalue weighted by atomic mass is 10.1. The summed E-state index contributed by atoms with van der Waals surface area (Å²) in [5, 5.41) is 1.06. The summed E-state index contributed by atoms with van der Waals surface area (Å²) < 4.78 is 4.40. The van der Waals surface area contributed by atoms with Crippen molar-refractivity contribution in [1.29, 1.82) is 0 Å². The van der Waals surface area contributed by atoms with E-state index in [4.69, 9.17) is 9.97 Å². The molecule has 0 spiro atoms. The molecule has 0 amide bonds. The fourth-order valence-corrected chi connectivity index (χ4v) is 5.14. The molecule has 3 heterocycles. The van der Waals surface area contributed by atoms with Gasteiger partial charge in [-0.3, -0.25) is 9.38 Å². The second kappa shape index (κ2) is 8.18. The minimum Gasteiger partial charge on any atom is -0.291 e. The van der Waals surface area contributed by atoms with Crippen LogP contribution in [0.5, 0.6) is 0 Å². The van der Waals surface area contributed by atoms with E-state index in [2.05, 4.69) is 34.5 Å². The molecule has 0 bridgehead atoms. The van der Waals surface area contributed by atoms with Crippen molar-refractivity contribution in [2.75, 3.05) is 0 Å². The van der Waals surface area contributed by atoms with Gasteiger partial charge in [-0.25, -0.2) is 9.97 Å².